The summed E-state index contributed by atoms with van der Waals surface area (Å²) in [6.45, 7) is 8.00. The highest BCUT2D eigenvalue weighted by Gasteiger charge is 2.21. The lowest BCUT2D eigenvalue weighted by molar-refractivity contribution is 0.0336. The molecule has 4 rings (SSSR count). The number of nitrogens with zero attached hydrogens (tertiary/aromatic N) is 4. The van der Waals surface area contributed by atoms with E-state index in [9.17, 15) is 0 Å². The van der Waals surface area contributed by atoms with Gasteiger partial charge in [-0.05, 0) is 52.6 Å². The van der Waals surface area contributed by atoms with Gasteiger partial charge in [-0.1, -0.05) is 24.3 Å². The average molecular weight is 471 g/mol. The molecule has 1 aromatic carbocycles. The van der Waals surface area contributed by atoms with Crippen LogP contribution in [0.3, 0.4) is 0 Å². The first-order valence-corrected chi connectivity index (χ1v) is 10.9. The average Bonchev–Trinajstić information content (AvgIpc) is 3.15. The van der Waals surface area contributed by atoms with Crippen molar-refractivity contribution in [3.05, 3.63) is 57.3 Å². The van der Waals surface area contributed by atoms with Gasteiger partial charge in [0.05, 0.1) is 29.6 Å². The molecule has 1 atom stereocenters. The molecule has 3 heterocycles. The second kappa shape index (κ2) is 8.85. The van der Waals surface area contributed by atoms with E-state index in [1.165, 1.54) is 5.56 Å². The molecular weight excluding hydrogens is 444 g/mol. The van der Waals surface area contributed by atoms with Crippen LogP contribution < -0.4 is 11.5 Å². The quantitative estimate of drug-likeness (QED) is 0.594. The molecule has 0 amide bonds. The number of nitrogen functional groups attached to an aromatic ring is 1. The molecule has 0 spiro atoms. The van der Waals surface area contributed by atoms with Crippen molar-refractivity contribution in [1.82, 2.24) is 19.5 Å². The van der Waals surface area contributed by atoms with Crippen molar-refractivity contribution >= 4 is 39.0 Å². The van der Waals surface area contributed by atoms with Crippen molar-refractivity contribution in [2.75, 3.05) is 32.0 Å². The Labute approximate surface area is 184 Å². The number of fused-ring (bicyclic) bond motifs is 1. The minimum Gasteiger partial charge on any atom is -0.383 e. The van der Waals surface area contributed by atoms with Crippen LogP contribution in [0.1, 0.15) is 29.3 Å². The number of rotatable bonds is 5. The molecule has 3 aromatic rings. The Morgan fingerprint density at radius 2 is 2.03 bits per heavy atom. The Morgan fingerprint density at radius 3 is 2.73 bits per heavy atom. The number of aromatic nitrogens is 3. The lowest BCUT2D eigenvalue weighted by Crippen LogP contribution is -2.36. The molecule has 2 aromatic heterocycles. The highest BCUT2D eigenvalue weighted by atomic mass is 79.9. The summed E-state index contributed by atoms with van der Waals surface area (Å²) in [4.78, 5) is 7.27. The van der Waals surface area contributed by atoms with E-state index in [1.54, 1.807) is 10.7 Å². The minimum absolute atomic E-state index is 0.188. The van der Waals surface area contributed by atoms with Crippen LogP contribution in [0.15, 0.2) is 34.9 Å². The molecule has 0 radical (unpaired) electrons. The van der Waals surface area contributed by atoms with Crippen LogP contribution >= 0.6 is 15.9 Å². The zero-order chi connectivity index (χ0) is 21.3. The SMILES string of the molecule is Cc1ccccc1/C=C(/c1cnn2c(N)c(Br)c(CN3CCOCC3)nc12)C(C)N. The van der Waals surface area contributed by atoms with Crippen LogP contribution in [0.4, 0.5) is 5.82 Å². The third-order valence-electron chi connectivity index (χ3n) is 5.47. The predicted octanol–water partition coefficient (Wildman–Crippen LogP) is 3.10. The van der Waals surface area contributed by atoms with Crippen LogP contribution in [0.25, 0.3) is 17.3 Å². The second-order valence-electron chi connectivity index (χ2n) is 7.68. The lowest BCUT2D eigenvalue weighted by atomic mass is 9.98. The van der Waals surface area contributed by atoms with Gasteiger partial charge in [-0.25, -0.2) is 4.98 Å². The van der Waals surface area contributed by atoms with Crippen LogP contribution in [-0.4, -0.2) is 51.8 Å². The molecule has 30 heavy (non-hydrogen) atoms. The fourth-order valence-corrected chi connectivity index (χ4v) is 4.08. The molecule has 1 aliphatic heterocycles. The molecule has 158 valence electrons. The Kier molecular flexibility index (Phi) is 6.19. The molecule has 7 nitrogen and oxygen atoms in total. The van der Waals surface area contributed by atoms with Gasteiger partial charge in [-0.3, -0.25) is 4.90 Å². The number of morpholine rings is 1. The van der Waals surface area contributed by atoms with Gasteiger partial charge in [0.2, 0.25) is 0 Å². The molecule has 4 N–H and O–H groups in total. The van der Waals surface area contributed by atoms with Gasteiger partial charge < -0.3 is 16.2 Å². The molecule has 1 unspecified atom stereocenters. The normalized spacial score (nSPS) is 16.9. The van der Waals surface area contributed by atoms with Gasteiger partial charge in [-0.2, -0.15) is 9.61 Å². The summed E-state index contributed by atoms with van der Waals surface area (Å²) in [6, 6.07) is 8.06. The molecule has 1 saturated heterocycles. The second-order valence-corrected chi connectivity index (χ2v) is 8.48. The van der Waals surface area contributed by atoms with Crippen LogP contribution in [0.2, 0.25) is 0 Å². The molecule has 1 fully saturated rings. The van der Waals surface area contributed by atoms with E-state index in [1.807, 2.05) is 19.1 Å². The van der Waals surface area contributed by atoms with E-state index >= 15 is 0 Å². The molecular formula is C22H27BrN6O. The predicted molar refractivity (Wildman–Crippen MR) is 124 cm³/mol. The highest BCUT2D eigenvalue weighted by Crippen LogP contribution is 2.30. The molecule has 8 heteroatoms. The minimum atomic E-state index is -0.188. The number of hydrogen-bond donors (Lipinski definition) is 2. The lowest BCUT2D eigenvalue weighted by Gasteiger charge is -2.26. The molecule has 0 bridgehead atoms. The fraction of sp³-hybridized carbons (Fsp3) is 0.364. The molecule has 1 aliphatic rings. The highest BCUT2D eigenvalue weighted by molar-refractivity contribution is 9.10. The number of benzene rings is 1. The summed E-state index contributed by atoms with van der Waals surface area (Å²) < 4.78 is 7.91. The first kappa shape index (κ1) is 21.0. The summed E-state index contributed by atoms with van der Waals surface area (Å²) in [6.07, 6.45) is 3.93. The van der Waals surface area contributed by atoms with E-state index < -0.39 is 0 Å². The van der Waals surface area contributed by atoms with Crippen molar-refractivity contribution in [3.8, 4) is 0 Å². The van der Waals surface area contributed by atoms with Crippen molar-refractivity contribution in [1.29, 1.82) is 0 Å². The van der Waals surface area contributed by atoms with Crippen LogP contribution in [-0.2, 0) is 11.3 Å². The first-order chi connectivity index (χ1) is 14.5. The molecule has 0 aliphatic carbocycles. The number of aryl methyl sites for hydroxylation is 1. The van der Waals surface area contributed by atoms with Gasteiger partial charge in [0.1, 0.15) is 5.82 Å². The van der Waals surface area contributed by atoms with Gasteiger partial charge in [0.25, 0.3) is 0 Å². The number of hydrogen-bond acceptors (Lipinski definition) is 6. The Hall–Kier alpha value is -2.26. The Bertz CT molecular complexity index is 1080. The van der Waals surface area contributed by atoms with Gasteiger partial charge in [0, 0.05) is 31.2 Å². The van der Waals surface area contributed by atoms with Crippen molar-refractivity contribution in [2.45, 2.75) is 26.4 Å². The maximum absolute atomic E-state index is 6.41. The van der Waals surface area contributed by atoms with Crippen molar-refractivity contribution in [2.24, 2.45) is 5.73 Å². The summed E-state index contributed by atoms with van der Waals surface area (Å²) in [5.74, 6) is 0.537. The number of halogens is 1. The van der Waals surface area contributed by atoms with Crippen molar-refractivity contribution < 1.29 is 4.74 Å². The van der Waals surface area contributed by atoms with E-state index in [0.29, 0.717) is 12.4 Å². The monoisotopic (exact) mass is 470 g/mol. The summed E-state index contributed by atoms with van der Waals surface area (Å²) in [5.41, 5.74) is 18.6. The third kappa shape index (κ3) is 4.13. The van der Waals surface area contributed by atoms with E-state index in [-0.39, 0.29) is 6.04 Å². The maximum atomic E-state index is 6.41. The summed E-state index contributed by atoms with van der Waals surface area (Å²) in [7, 11) is 0. The summed E-state index contributed by atoms with van der Waals surface area (Å²) in [5, 5.41) is 4.50. The Morgan fingerprint density at radius 1 is 1.30 bits per heavy atom. The largest absolute Gasteiger partial charge is 0.383 e. The maximum Gasteiger partial charge on any atom is 0.165 e. The summed E-state index contributed by atoms with van der Waals surface area (Å²) >= 11 is 3.62. The third-order valence-corrected chi connectivity index (χ3v) is 6.33. The number of nitrogens with two attached hydrogens (primary N) is 2. The van der Waals surface area contributed by atoms with Gasteiger partial charge in [0.15, 0.2) is 5.65 Å². The van der Waals surface area contributed by atoms with E-state index in [4.69, 9.17) is 21.2 Å². The Balaban J connectivity index is 1.81. The van der Waals surface area contributed by atoms with Crippen LogP contribution in [0, 0.1) is 6.92 Å². The zero-order valence-corrected chi connectivity index (χ0v) is 18.9. The van der Waals surface area contributed by atoms with E-state index in [2.05, 4.69) is 51.1 Å². The van der Waals surface area contributed by atoms with Crippen molar-refractivity contribution in [3.63, 3.8) is 0 Å². The number of ether oxygens (including phenoxy) is 1. The van der Waals surface area contributed by atoms with E-state index in [0.717, 1.165) is 58.8 Å². The van der Waals surface area contributed by atoms with Crippen LogP contribution in [0.5, 0.6) is 0 Å². The standard InChI is InChI=1S/C22H27BrN6O/c1-14-5-3-4-6-16(14)11-17(15(2)24)18-12-26-29-21(25)20(23)19(27-22(18)29)13-28-7-9-30-10-8-28/h3-6,11-12,15H,7-10,13,24-25H2,1-2H3/b17-11+. The van der Waals surface area contributed by atoms with Gasteiger partial charge in [-0.15, -0.1) is 0 Å². The zero-order valence-electron chi connectivity index (χ0n) is 17.3. The smallest absolute Gasteiger partial charge is 0.165 e. The fourth-order valence-electron chi connectivity index (χ4n) is 3.69. The molecule has 0 saturated carbocycles. The van der Waals surface area contributed by atoms with Gasteiger partial charge >= 0.3 is 0 Å². The topological polar surface area (TPSA) is 94.7 Å². The first-order valence-electron chi connectivity index (χ1n) is 10.1. The number of anilines is 1.